The standard InChI is InChI=1S/C24H24O6STe/c1-16(2)23(26)29-18-3-7-20(8-4-18)32-21-9-5-19(6-10-21)30-31(27,28)15-24-12-11-17(14-24)13-22(24)25/h3-10,17H,1,11-15H2,2H3. The van der Waals surface area contributed by atoms with Gasteiger partial charge in [-0.3, -0.25) is 0 Å². The maximum atomic E-state index is 12.6. The Morgan fingerprint density at radius 1 is 1.09 bits per heavy atom. The molecule has 2 saturated carbocycles. The normalized spacial score (nSPS) is 22.0. The molecular weight excluding hydrogens is 544 g/mol. The second-order valence-corrected chi connectivity index (χ2v) is 13.4. The van der Waals surface area contributed by atoms with Gasteiger partial charge < -0.3 is 0 Å². The number of carbonyl (C=O) groups excluding carboxylic acids is 2. The predicted octanol–water partition coefficient (Wildman–Crippen LogP) is 2.29. The summed E-state index contributed by atoms with van der Waals surface area (Å²) in [4.78, 5) is 23.8. The second-order valence-electron chi connectivity index (χ2n) is 8.52. The molecule has 2 aromatic carbocycles. The third-order valence-corrected chi connectivity index (χ3v) is 10.1. The first-order valence-corrected chi connectivity index (χ1v) is 14.3. The Hall–Kier alpha value is -2.14. The van der Waals surface area contributed by atoms with Gasteiger partial charge >= 0.3 is 199 Å². The van der Waals surface area contributed by atoms with Gasteiger partial charge in [-0.1, -0.05) is 0 Å². The first kappa shape index (κ1) is 23.0. The molecule has 2 atom stereocenters. The number of hydrogen-bond donors (Lipinski definition) is 0. The fourth-order valence-corrected chi connectivity index (χ4v) is 8.23. The summed E-state index contributed by atoms with van der Waals surface area (Å²) in [5, 5.41) is 0. The van der Waals surface area contributed by atoms with Crippen molar-refractivity contribution in [1.82, 2.24) is 0 Å². The van der Waals surface area contributed by atoms with Crippen LogP contribution in [0.25, 0.3) is 0 Å². The van der Waals surface area contributed by atoms with Crippen LogP contribution in [-0.4, -0.2) is 46.8 Å². The van der Waals surface area contributed by atoms with Gasteiger partial charge in [-0.2, -0.15) is 0 Å². The van der Waals surface area contributed by atoms with Crippen molar-refractivity contribution in [3.05, 3.63) is 60.7 Å². The van der Waals surface area contributed by atoms with Gasteiger partial charge in [-0.05, 0) is 0 Å². The molecule has 4 rings (SSSR count). The van der Waals surface area contributed by atoms with Crippen LogP contribution in [0, 0.1) is 11.3 Å². The van der Waals surface area contributed by atoms with Crippen LogP contribution in [0.2, 0.25) is 0 Å². The number of ketones is 1. The van der Waals surface area contributed by atoms with Crippen molar-refractivity contribution in [2.75, 3.05) is 5.75 Å². The predicted molar refractivity (Wildman–Crippen MR) is 122 cm³/mol. The summed E-state index contributed by atoms with van der Waals surface area (Å²) in [5.74, 6) is 0.463. The van der Waals surface area contributed by atoms with Crippen molar-refractivity contribution >= 4 is 50.0 Å². The summed E-state index contributed by atoms with van der Waals surface area (Å²) in [5.41, 5.74) is -0.394. The van der Waals surface area contributed by atoms with Crippen molar-refractivity contribution in [2.45, 2.75) is 32.6 Å². The average Bonchev–Trinajstić information content (AvgIpc) is 3.26. The zero-order valence-corrected chi connectivity index (χ0v) is 20.9. The molecule has 6 nitrogen and oxygen atoms in total. The number of esters is 1. The summed E-state index contributed by atoms with van der Waals surface area (Å²) in [6.07, 6.45) is 2.75. The molecule has 2 aliphatic rings. The third kappa shape index (κ3) is 5.25. The van der Waals surface area contributed by atoms with Crippen molar-refractivity contribution in [1.29, 1.82) is 0 Å². The van der Waals surface area contributed by atoms with E-state index in [1.807, 2.05) is 24.3 Å². The van der Waals surface area contributed by atoms with E-state index < -0.39 is 42.4 Å². The Labute approximate surface area is 198 Å². The molecule has 0 spiro atoms. The molecule has 2 bridgehead atoms. The molecule has 2 aromatic rings. The molecule has 2 unspecified atom stereocenters. The fraction of sp³-hybridized carbons (Fsp3) is 0.333. The number of benzene rings is 2. The Kier molecular flexibility index (Phi) is 6.49. The summed E-state index contributed by atoms with van der Waals surface area (Å²) in [7, 11) is -3.85. The first-order valence-electron chi connectivity index (χ1n) is 10.4. The van der Waals surface area contributed by atoms with E-state index in [2.05, 4.69) is 6.58 Å². The topological polar surface area (TPSA) is 86.7 Å². The van der Waals surface area contributed by atoms with E-state index in [0.29, 0.717) is 36.5 Å². The van der Waals surface area contributed by atoms with Gasteiger partial charge in [0.25, 0.3) is 0 Å². The van der Waals surface area contributed by atoms with Crippen LogP contribution in [0.3, 0.4) is 0 Å². The molecule has 32 heavy (non-hydrogen) atoms. The van der Waals surface area contributed by atoms with Crippen LogP contribution in [0.1, 0.15) is 32.6 Å². The van der Waals surface area contributed by atoms with Crippen molar-refractivity contribution < 1.29 is 26.9 Å². The van der Waals surface area contributed by atoms with Gasteiger partial charge in [0, 0.05) is 0 Å². The molecule has 2 fully saturated rings. The van der Waals surface area contributed by atoms with Crippen molar-refractivity contribution in [3.63, 3.8) is 0 Å². The molecule has 0 aromatic heterocycles. The maximum absolute atomic E-state index is 12.6. The number of carbonyl (C=O) groups is 2. The Morgan fingerprint density at radius 2 is 1.69 bits per heavy atom. The number of Topliss-reactive ketones (excluding diaryl/α,β-unsaturated/α-hetero) is 1. The van der Waals surface area contributed by atoms with E-state index in [9.17, 15) is 18.0 Å². The molecule has 0 heterocycles. The number of rotatable bonds is 8. The van der Waals surface area contributed by atoms with E-state index in [4.69, 9.17) is 8.92 Å². The minimum atomic E-state index is -3.85. The zero-order valence-electron chi connectivity index (χ0n) is 17.7. The molecule has 0 aliphatic heterocycles. The van der Waals surface area contributed by atoms with Crippen LogP contribution in [0.15, 0.2) is 60.7 Å². The summed E-state index contributed by atoms with van der Waals surface area (Å²) in [6, 6.07) is 14.4. The van der Waals surface area contributed by atoms with Crippen LogP contribution in [-0.2, 0) is 19.7 Å². The van der Waals surface area contributed by atoms with Gasteiger partial charge in [0.1, 0.15) is 0 Å². The van der Waals surface area contributed by atoms with Gasteiger partial charge in [0.15, 0.2) is 0 Å². The summed E-state index contributed by atoms with van der Waals surface area (Å²) < 4.78 is 38.0. The van der Waals surface area contributed by atoms with E-state index in [0.717, 1.165) is 13.6 Å². The third-order valence-electron chi connectivity index (χ3n) is 5.89. The van der Waals surface area contributed by atoms with Crippen LogP contribution in [0.4, 0.5) is 0 Å². The van der Waals surface area contributed by atoms with Gasteiger partial charge in [-0.25, -0.2) is 0 Å². The van der Waals surface area contributed by atoms with E-state index in [1.165, 1.54) is 0 Å². The van der Waals surface area contributed by atoms with E-state index >= 15 is 0 Å². The van der Waals surface area contributed by atoms with Gasteiger partial charge in [0.05, 0.1) is 0 Å². The Balaban J connectivity index is 1.35. The molecule has 0 amide bonds. The fourth-order valence-electron chi connectivity index (χ4n) is 4.34. The summed E-state index contributed by atoms with van der Waals surface area (Å²) in [6.45, 7) is 5.16. The van der Waals surface area contributed by atoms with Crippen LogP contribution < -0.4 is 16.1 Å². The molecule has 0 saturated heterocycles. The monoisotopic (exact) mass is 570 g/mol. The van der Waals surface area contributed by atoms with Crippen LogP contribution in [0.5, 0.6) is 11.5 Å². The molecule has 168 valence electrons. The van der Waals surface area contributed by atoms with Gasteiger partial charge in [0.2, 0.25) is 0 Å². The molecule has 0 N–H and O–H groups in total. The van der Waals surface area contributed by atoms with E-state index in [-0.39, 0.29) is 17.3 Å². The van der Waals surface area contributed by atoms with Gasteiger partial charge in [-0.15, -0.1) is 0 Å². The minimum absolute atomic E-state index is 0.0716. The molecule has 2 aliphatic carbocycles. The zero-order chi connectivity index (χ0) is 22.9. The quantitative estimate of drug-likeness (QED) is 0.160. The molecule has 0 radical (unpaired) electrons. The Morgan fingerprint density at radius 3 is 2.19 bits per heavy atom. The number of ether oxygens (including phenoxy) is 1. The molecular formula is C24H24O6STe. The summed E-state index contributed by atoms with van der Waals surface area (Å²) >= 11 is -0.700. The van der Waals surface area contributed by atoms with Crippen molar-refractivity contribution in [2.24, 2.45) is 11.3 Å². The van der Waals surface area contributed by atoms with Crippen LogP contribution >= 0.6 is 0 Å². The van der Waals surface area contributed by atoms with E-state index in [1.54, 1.807) is 31.2 Å². The number of fused-ring (bicyclic) bond motifs is 2. The number of hydrogen-bond acceptors (Lipinski definition) is 6. The SMILES string of the molecule is C=C(C)C(=O)Oc1ccc([Te]c2ccc(OS(=O)(=O)CC34CCC(CC3=O)C4)cc2)cc1. The first-order chi connectivity index (χ1) is 15.1. The Bertz CT molecular complexity index is 1150. The average molecular weight is 568 g/mol. The molecule has 8 heteroatoms. The second kappa shape index (κ2) is 9.01. The van der Waals surface area contributed by atoms with Crippen molar-refractivity contribution in [3.8, 4) is 11.5 Å².